The van der Waals surface area contributed by atoms with Crippen molar-refractivity contribution in [3.05, 3.63) is 120 Å². The smallest absolute Gasteiger partial charge is 0.129 e. The van der Waals surface area contributed by atoms with Crippen LogP contribution in [0.2, 0.25) is 0 Å². The summed E-state index contributed by atoms with van der Waals surface area (Å²) in [5, 5.41) is 8.48. The van der Waals surface area contributed by atoms with Crippen LogP contribution < -0.4 is 0 Å². The van der Waals surface area contributed by atoms with Gasteiger partial charge in [0.1, 0.15) is 18.2 Å². The molecule has 1 aromatic heterocycles. The van der Waals surface area contributed by atoms with E-state index in [-0.39, 0.29) is 18.2 Å². The number of nitrogens with zero attached hydrogens (tertiary/aromatic N) is 3. The summed E-state index contributed by atoms with van der Waals surface area (Å²) in [7, 11) is 0. The fourth-order valence-corrected chi connectivity index (χ4v) is 4.17. The second kappa shape index (κ2) is 10.5. The summed E-state index contributed by atoms with van der Waals surface area (Å²) in [6.07, 6.45) is 1.25. The Kier molecular flexibility index (Phi) is 6.87. The van der Waals surface area contributed by atoms with Crippen LogP contribution in [0.3, 0.4) is 0 Å². The lowest BCUT2D eigenvalue weighted by Crippen LogP contribution is -2.30. The van der Waals surface area contributed by atoms with Gasteiger partial charge in [-0.3, -0.25) is 0 Å². The van der Waals surface area contributed by atoms with Gasteiger partial charge in [0.05, 0.1) is 38.3 Å². The topological polar surface area (TPSA) is 58.4 Å². The normalized spacial score (nSPS) is 19.5. The third kappa shape index (κ3) is 5.20. The third-order valence-corrected chi connectivity index (χ3v) is 5.84. The largest absolute Gasteiger partial charge is 0.374 e. The van der Waals surface area contributed by atoms with Crippen molar-refractivity contribution in [3.8, 4) is 0 Å². The zero-order chi connectivity index (χ0) is 22.3. The molecule has 0 N–H and O–H groups in total. The average Bonchev–Trinajstić information content (AvgIpc) is 3.45. The van der Waals surface area contributed by atoms with Crippen molar-refractivity contribution in [2.75, 3.05) is 6.61 Å². The molecule has 2 heterocycles. The lowest BCUT2D eigenvalue weighted by atomic mass is 10.1. The van der Waals surface area contributed by atoms with Gasteiger partial charge >= 0.3 is 0 Å². The number of hydrogen-bond donors (Lipinski definition) is 0. The molecule has 0 saturated heterocycles. The van der Waals surface area contributed by atoms with Gasteiger partial charge in [-0.05, 0) is 16.7 Å². The van der Waals surface area contributed by atoms with Gasteiger partial charge in [-0.1, -0.05) is 96.2 Å². The molecule has 33 heavy (non-hydrogen) atoms. The van der Waals surface area contributed by atoms with E-state index in [9.17, 15) is 0 Å². The number of benzene rings is 3. The van der Waals surface area contributed by atoms with Crippen molar-refractivity contribution < 1.29 is 14.2 Å². The van der Waals surface area contributed by atoms with Crippen molar-refractivity contribution in [1.82, 2.24) is 15.0 Å². The molecule has 0 radical (unpaired) electrons. The molecule has 6 heteroatoms. The van der Waals surface area contributed by atoms with Crippen molar-refractivity contribution in [1.29, 1.82) is 0 Å². The van der Waals surface area contributed by atoms with Crippen LogP contribution in [-0.4, -0.2) is 27.7 Å². The van der Waals surface area contributed by atoms with Crippen LogP contribution in [0.1, 0.15) is 34.5 Å². The summed E-state index contributed by atoms with van der Waals surface area (Å²) in [6.45, 7) is 1.96. The van der Waals surface area contributed by atoms with Crippen molar-refractivity contribution >= 4 is 0 Å². The highest BCUT2D eigenvalue weighted by Gasteiger charge is 2.44. The summed E-state index contributed by atoms with van der Waals surface area (Å²) in [5.74, 6) is 0. The van der Waals surface area contributed by atoms with E-state index in [1.54, 1.807) is 6.20 Å². The minimum absolute atomic E-state index is 0.129. The van der Waals surface area contributed by atoms with Gasteiger partial charge in [-0.25, -0.2) is 4.68 Å². The van der Waals surface area contributed by atoms with Crippen LogP contribution in [0, 0.1) is 0 Å². The summed E-state index contributed by atoms with van der Waals surface area (Å²) in [6, 6.07) is 30.4. The van der Waals surface area contributed by atoms with E-state index < -0.39 is 0 Å². The van der Waals surface area contributed by atoms with E-state index in [0.717, 1.165) is 22.4 Å². The lowest BCUT2D eigenvalue weighted by molar-refractivity contribution is -0.102. The maximum absolute atomic E-state index is 6.45. The summed E-state index contributed by atoms with van der Waals surface area (Å²) < 4.78 is 20.8. The van der Waals surface area contributed by atoms with E-state index in [1.807, 2.05) is 59.3 Å². The third-order valence-electron chi connectivity index (χ3n) is 5.84. The Morgan fingerprint density at radius 1 is 0.667 bits per heavy atom. The van der Waals surface area contributed by atoms with E-state index in [0.29, 0.717) is 26.4 Å². The number of ether oxygens (including phenoxy) is 3. The predicted molar refractivity (Wildman–Crippen MR) is 124 cm³/mol. The summed E-state index contributed by atoms with van der Waals surface area (Å²) in [4.78, 5) is 0. The first-order valence-electron chi connectivity index (χ1n) is 11.2. The highest BCUT2D eigenvalue weighted by Crippen LogP contribution is 2.39. The first-order valence-corrected chi connectivity index (χ1v) is 11.2. The number of fused-ring (bicyclic) bond motifs is 1. The SMILES string of the molecule is c1ccc(COC[C@H]2[C@H](OCc3ccccc3)[C@H](OCc3ccccc3)c3cnnn32)cc1. The molecule has 0 saturated carbocycles. The van der Waals surface area contributed by atoms with Crippen LogP contribution in [0.4, 0.5) is 0 Å². The molecule has 0 unspecified atom stereocenters. The van der Waals surface area contributed by atoms with Gasteiger partial charge in [0.15, 0.2) is 0 Å². The van der Waals surface area contributed by atoms with Crippen LogP contribution in [0.25, 0.3) is 0 Å². The van der Waals surface area contributed by atoms with E-state index in [1.165, 1.54) is 0 Å². The molecule has 4 aromatic rings. The molecule has 0 aliphatic carbocycles. The van der Waals surface area contributed by atoms with Gasteiger partial charge in [0.25, 0.3) is 0 Å². The van der Waals surface area contributed by atoms with Crippen LogP contribution in [0.15, 0.2) is 97.2 Å². The van der Waals surface area contributed by atoms with E-state index >= 15 is 0 Å². The standard InChI is InChI=1S/C27H27N3O3/c1-4-10-21(11-5-1)17-31-20-25-27(33-19-23-14-8-3-9-15-23)26(24-16-28-29-30(24)25)32-18-22-12-6-2-7-13-22/h1-16,25-27H,17-20H2/t25-,26+,27-/m0/s1. The Balaban J connectivity index is 1.32. The molecule has 3 aromatic carbocycles. The van der Waals surface area contributed by atoms with Gasteiger partial charge in [-0.2, -0.15) is 0 Å². The second-order valence-electron chi connectivity index (χ2n) is 8.15. The monoisotopic (exact) mass is 441 g/mol. The first kappa shape index (κ1) is 21.5. The minimum Gasteiger partial charge on any atom is -0.374 e. The zero-order valence-corrected chi connectivity index (χ0v) is 18.4. The minimum atomic E-state index is -0.283. The van der Waals surface area contributed by atoms with Crippen LogP contribution in [0.5, 0.6) is 0 Å². The summed E-state index contributed by atoms with van der Waals surface area (Å²) in [5.41, 5.74) is 4.28. The van der Waals surface area contributed by atoms with Gasteiger partial charge in [-0.15, -0.1) is 5.10 Å². The fraction of sp³-hybridized carbons (Fsp3) is 0.259. The highest BCUT2D eigenvalue weighted by molar-refractivity contribution is 5.17. The maximum atomic E-state index is 6.45. The molecule has 6 nitrogen and oxygen atoms in total. The molecule has 0 fully saturated rings. The Labute approximate surface area is 193 Å². The van der Waals surface area contributed by atoms with Gasteiger partial charge < -0.3 is 14.2 Å². The molecule has 1 aliphatic heterocycles. The quantitative estimate of drug-likeness (QED) is 0.351. The Bertz CT molecular complexity index is 1120. The average molecular weight is 442 g/mol. The fourth-order valence-electron chi connectivity index (χ4n) is 4.17. The first-order chi connectivity index (χ1) is 16.4. The van der Waals surface area contributed by atoms with Crippen LogP contribution >= 0.6 is 0 Å². The molecule has 0 amide bonds. The molecule has 0 bridgehead atoms. The zero-order valence-electron chi connectivity index (χ0n) is 18.4. The van der Waals surface area contributed by atoms with Crippen molar-refractivity contribution in [2.24, 2.45) is 0 Å². The molecular weight excluding hydrogens is 414 g/mol. The molecule has 0 spiro atoms. The number of rotatable bonds is 10. The van der Waals surface area contributed by atoms with Gasteiger partial charge in [0.2, 0.25) is 0 Å². The summed E-state index contributed by atoms with van der Waals surface area (Å²) >= 11 is 0. The lowest BCUT2D eigenvalue weighted by Gasteiger charge is -2.25. The Morgan fingerprint density at radius 3 is 1.82 bits per heavy atom. The molecule has 1 aliphatic rings. The number of aromatic nitrogens is 3. The van der Waals surface area contributed by atoms with Gasteiger partial charge in [0, 0.05) is 0 Å². The maximum Gasteiger partial charge on any atom is 0.129 e. The van der Waals surface area contributed by atoms with Crippen molar-refractivity contribution in [3.63, 3.8) is 0 Å². The molecule has 3 atom stereocenters. The van der Waals surface area contributed by atoms with E-state index in [2.05, 4.69) is 46.7 Å². The second-order valence-corrected chi connectivity index (χ2v) is 8.15. The molecule has 5 rings (SSSR count). The Morgan fingerprint density at radius 2 is 1.21 bits per heavy atom. The predicted octanol–water partition coefficient (Wildman–Crippen LogP) is 4.89. The highest BCUT2D eigenvalue weighted by atomic mass is 16.5. The molecule has 168 valence electrons. The Hall–Kier alpha value is -3.32. The van der Waals surface area contributed by atoms with E-state index in [4.69, 9.17) is 14.2 Å². The number of hydrogen-bond acceptors (Lipinski definition) is 5. The van der Waals surface area contributed by atoms with Crippen LogP contribution in [-0.2, 0) is 34.0 Å². The molecular formula is C27H27N3O3. The van der Waals surface area contributed by atoms with Crippen molar-refractivity contribution in [2.45, 2.75) is 38.1 Å².